The molecule has 0 saturated heterocycles. The molecule has 2 aromatic carbocycles. The van der Waals surface area contributed by atoms with Crippen LogP contribution in [-0.4, -0.2) is 12.2 Å². The zero-order valence-corrected chi connectivity index (χ0v) is 12.5. The normalized spacial score (nSPS) is 10.0. The molecular weight excluding hydrogens is 262 g/mol. The first-order valence-corrected chi connectivity index (χ1v) is 6.76. The summed E-state index contributed by atoms with van der Waals surface area (Å²) in [5, 5.41) is 12.8. The van der Waals surface area contributed by atoms with E-state index in [2.05, 4.69) is 11.2 Å². The third-order valence-corrected chi connectivity index (χ3v) is 3.47. The molecule has 2 rings (SSSR count). The molecule has 2 aromatic rings. The van der Waals surface area contributed by atoms with Gasteiger partial charge in [-0.15, -0.1) is 6.42 Å². The number of ether oxygens (including phenoxy) is 1. The minimum atomic E-state index is 0.278. The Hall–Kier alpha value is -2.60. The van der Waals surface area contributed by atoms with Crippen molar-refractivity contribution in [3.8, 4) is 23.8 Å². The number of aryl methyl sites for hydroxylation is 2. The van der Waals surface area contributed by atoms with Crippen LogP contribution in [0.1, 0.15) is 22.3 Å². The topological polar surface area (TPSA) is 41.5 Å². The first-order chi connectivity index (χ1) is 10.1. The Kier molecular flexibility index (Phi) is 4.39. The average molecular weight is 281 g/mol. The maximum atomic E-state index is 9.68. The average Bonchev–Trinajstić information content (AvgIpc) is 2.49. The zero-order chi connectivity index (χ0) is 15.4. The van der Waals surface area contributed by atoms with Crippen LogP contribution in [0.15, 0.2) is 30.3 Å². The first kappa shape index (κ1) is 14.8. The van der Waals surface area contributed by atoms with Gasteiger partial charge in [0.05, 0.1) is 0 Å². The Balaban J connectivity index is 2.29. The number of phenolic OH excluding ortho intramolecular Hbond substituents is 1. The van der Waals surface area contributed by atoms with Crippen molar-refractivity contribution in [3.05, 3.63) is 52.6 Å². The van der Waals surface area contributed by atoms with E-state index >= 15 is 0 Å². The van der Waals surface area contributed by atoms with E-state index < -0.39 is 0 Å². The molecule has 0 radical (unpaired) electrons. The first-order valence-electron chi connectivity index (χ1n) is 6.76. The monoisotopic (exact) mass is 281 g/mol. The van der Waals surface area contributed by atoms with E-state index in [1.807, 2.05) is 45.2 Å². The Morgan fingerprint density at radius 1 is 1.24 bits per heavy atom. The van der Waals surface area contributed by atoms with Gasteiger partial charge in [-0.2, -0.15) is 0 Å². The fraction of sp³-hybridized carbons (Fsp3) is 0.222. The lowest BCUT2D eigenvalue weighted by molar-refractivity contribution is 0.303. The van der Waals surface area contributed by atoms with Gasteiger partial charge in [-0.25, -0.2) is 0 Å². The summed E-state index contributed by atoms with van der Waals surface area (Å²) in [4.78, 5) is 0. The molecule has 21 heavy (non-hydrogen) atoms. The molecule has 2 N–H and O–H groups in total. The number of hydrogen-bond acceptors (Lipinski definition) is 3. The Morgan fingerprint density at radius 3 is 2.67 bits per heavy atom. The zero-order valence-electron chi connectivity index (χ0n) is 12.5. The standard InChI is InChI=1S/C18H19NO2/c1-5-14-7-6-8-16(19-4)15(14)11-21-18-10-12(2)17(20)9-13(18)3/h1,6-10,19-20H,11H2,2-4H3. The van der Waals surface area contributed by atoms with Crippen LogP contribution >= 0.6 is 0 Å². The van der Waals surface area contributed by atoms with Gasteiger partial charge in [0.25, 0.3) is 0 Å². The lowest BCUT2D eigenvalue weighted by Crippen LogP contribution is -2.04. The van der Waals surface area contributed by atoms with Gasteiger partial charge in [-0.3, -0.25) is 0 Å². The number of benzene rings is 2. The van der Waals surface area contributed by atoms with E-state index in [9.17, 15) is 5.11 Å². The summed E-state index contributed by atoms with van der Waals surface area (Å²) >= 11 is 0. The maximum absolute atomic E-state index is 9.68. The van der Waals surface area contributed by atoms with Gasteiger partial charge >= 0.3 is 0 Å². The second kappa shape index (κ2) is 6.23. The number of nitrogens with one attached hydrogen (secondary N) is 1. The van der Waals surface area contributed by atoms with Crippen molar-refractivity contribution in [2.45, 2.75) is 20.5 Å². The van der Waals surface area contributed by atoms with Gasteiger partial charge in [-0.1, -0.05) is 12.0 Å². The van der Waals surface area contributed by atoms with Crippen LogP contribution in [0.4, 0.5) is 5.69 Å². The molecule has 0 fully saturated rings. The molecule has 0 spiro atoms. The minimum absolute atomic E-state index is 0.278. The van der Waals surface area contributed by atoms with Crippen molar-refractivity contribution in [2.24, 2.45) is 0 Å². The molecule has 0 aliphatic heterocycles. The SMILES string of the molecule is C#Cc1cccc(NC)c1COc1cc(C)c(O)cc1C. The Morgan fingerprint density at radius 2 is 2.00 bits per heavy atom. The summed E-state index contributed by atoms with van der Waals surface area (Å²) in [7, 11) is 1.86. The number of terminal acetylenes is 1. The molecule has 0 saturated carbocycles. The molecule has 0 amide bonds. The van der Waals surface area contributed by atoms with Crippen LogP contribution in [0.5, 0.6) is 11.5 Å². The number of anilines is 1. The van der Waals surface area contributed by atoms with Crippen LogP contribution < -0.4 is 10.1 Å². The highest BCUT2D eigenvalue weighted by molar-refractivity contribution is 5.58. The second-order valence-corrected chi connectivity index (χ2v) is 4.92. The summed E-state index contributed by atoms with van der Waals surface area (Å²) in [6, 6.07) is 9.32. The molecule has 3 nitrogen and oxygen atoms in total. The van der Waals surface area contributed by atoms with Crippen molar-refractivity contribution in [3.63, 3.8) is 0 Å². The van der Waals surface area contributed by atoms with E-state index in [0.717, 1.165) is 33.7 Å². The van der Waals surface area contributed by atoms with Crippen molar-refractivity contribution in [1.29, 1.82) is 0 Å². The van der Waals surface area contributed by atoms with E-state index in [-0.39, 0.29) is 5.75 Å². The van der Waals surface area contributed by atoms with Crippen LogP contribution in [0, 0.1) is 26.2 Å². The maximum Gasteiger partial charge on any atom is 0.123 e. The fourth-order valence-electron chi connectivity index (χ4n) is 2.19. The molecule has 108 valence electrons. The largest absolute Gasteiger partial charge is 0.508 e. The van der Waals surface area contributed by atoms with Gasteiger partial charge in [0.1, 0.15) is 18.1 Å². The molecule has 0 unspecified atom stereocenters. The highest BCUT2D eigenvalue weighted by Gasteiger charge is 2.09. The van der Waals surface area contributed by atoms with Crippen molar-refractivity contribution >= 4 is 5.69 Å². The van der Waals surface area contributed by atoms with Crippen LogP contribution in [0.2, 0.25) is 0 Å². The molecule has 0 atom stereocenters. The molecule has 0 aliphatic rings. The third-order valence-electron chi connectivity index (χ3n) is 3.47. The van der Waals surface area contributed by atoms with Crippen LogP contribution in [0.3, 0.4) is 0 Å². The Bertz CT molecular complexity index is 699. The predicted molar refractivity (Wildman–Crippen MR) is 85.8 cm³/mol. The molecule has 0 heterocycles. The van der Waals surface area contributed by atoms with Crippen molar-refractivity contribution in [1.82, 2.24) is 0 Å². The second-order valence-electron chi connectivity index (χ2n) is 4.92. The minimum Gasteiger partial charge on any atom is -0.508 e. The highest BCUT2D eigenvalue weighted by Crippen LogP contribution is 2.28. The molecule has 3 heteroatoms. The Labute approximate surface area is 125 Å². The summed E-state index contributed by atoms with van der Waals surface area (Å²) in [5.74, 6) is 3.71. The lowest BCUT2D eigenvalue weighted by atomic mass is 10.1. The third kappa shape index (κ3) is 3.11. The fourth-order valence-corrected chi connectivity index (χ4v) is 2.19. The highest BCUT2D eigenvalue weighted by atomic mass is 16.5. The molecular formula is C18H19NO2. The van der Waals surface area contributed by atoms with Gasteiger partial charge in [0, 0.05) is 23.9 Å². The summed E-state index contributed by atoms with van der Waals surface area (Å²) < 4.78 is 5.90. The number of rotatable bonds is 4. The molecule has 0 aromatic heterocycles. The summed E-state index contributed by atoms with van der Waals surface area (Å²) in [5.41, 5.74) is 4.40. The van der Waals surface area contributed by atoms with Crippen LogP contribution in [0.25, 0.3) is 0 Å². The number of hydrogen-bond donors (Lipinski definition) is 2. The van der Waals surface area contributed by atoms with Gasteiger partial charge in [0.15, 0.2) is 0 Å². The van der Waals surface area contributed by atoms with Gasteiger partial charge in [-0.05, 0) is 49.2 Å². The molecule has 0 bridgehead atoms. The smallest absolute Gasteiger partial charge is 0.123 e. The van der Waals surface area contributed by atoms with E-state index in [0.29, 0.717) is 6.61 Å². The van der Waals surface area contributed by atoms with Gasteiger partial charge in [0.2, 0.25) is 0 Å². The van der Waals surface area contributed by atoms with Crippen molar-refractivity contribution < 1.29 is 9.84 Å². The number of phenols is 1. The van der Waals surface area contributed by atoms with E-state index in [1.54, 1.807) is 6.07 Å². The van der Waals surface area contributed by atoms with E-state index in [1.165, 1.54) is 0 Å². The summed E-state index contributed by atoms with van der Waals surface area (Å²) in [6.07, 6.45) is 5.55. The lowest BCUT2D eigenvalue weighted by Gasteiger charge is -2.15. The predicted octanol–water partition coefficient (Wildman–Crippen LogP) is 3.61. The molecule has 0 aliphatic carbocycles. The van der Waals surface area contributed by atoms with Crippen molar-refractivity contribution in [2.75, 3.05) is 12.4 Å². The quantitative estimate of drug-likeness (QED) is 0.841. The van der Waals surface area contributed by atoms with Gasteiger partial charge < -0.3 is 15.2 Å². The number of aromatic hydroxyl groups is 1. The summed E-state index contributed by atoms with van der Waals surface area (Å²) in [6.45, 7) is 4.12. The van der Waals surface area contributed by atoms with Crippen LogP contribution in [-0.2, 0) is 6.61 Å². The van der Waals surface area contributed by atoms with E-state index in [4.69, 9.17) is 11.2 Å².